The van der Waals surface area contributed by atoms with E-state index >= 15 is 0 Å². The van der Waals surface area contributed by atoms with E-state index in [1.165, 1.54) is 6.26 Å². The molecule has 1 aromatic rings. The zero-order valence-electron chi connectivity index (χ0n) is 6.80. The molecule has 1 radical (unpaired) electrons. The maximum atomic E-state index is 10.4. The average Bonchev–Trinajstić information content (AvgIpc) is 2.34. The summed E-state index contributed by atoms with van der Waals surface area (Å²) in [6.07, 6.45) is 1.45. The van der Waals surface area contributed by atoms with E-state index in [4.69, 9.17) is 8.97 Å². The minimum atomic E-state index is -3.99. The minimum absolute atomic E-state index is 0.420. The molecule has 0 aliphatic carbocycles. The molecule has 1 rings (SSSR count). The van der Waals surface area contributed by atoms with Crippen molar-refractivity contribution in [1.29, 1.82) is 0 Å². The third kappa shape index (κ3) is 3.95. The summed E-state index contributed by atoms with van der Waals surface area (Å²) in [5.74, 6) is -0.0306. The fraction of sp³-hybridized carbons (Fsp3) is 0.286. The van der Waals surface area contributed by atoms with Crippen LogP contribution in [0.25, 0.3) is 0 Å². The molecule has 0 aliphatic rings. The van der Waals surface area contributed by atoms with Gasteiger partial charge in [0.15, 0.2) is 5.88 Å². The van der Waals surface area contributed by atoms with Gasteiger partial charge >= 0.3 is 0 Å². The molecule has 1 heterocycles. The van der Waals surface area contributed by atoms with Crippen molar-refractivity contribution in [2.75, 3.05) is 11.1 Å². The Morgan fingerprint density at radius 3 is 2.85 bits per heavy atom. The highest BCUT2D eigenvalue weighted by Crippen LogP contribution is 2.08. The van der Waals surface area contributed by atoms with Gasteiger partial charge in [-0.1, -0.05) is 0 Å². The Kier molecular flexibility index (Phi) is 2.94. The zero-order chi connectivity index (χ0) is 9.90. The van der Waals surface area contributed by atoms with Crippen LogP contribution in [0.4, 0.5) is 5.88 Å². The summed E-state index contributed by atoms with van der Waals surface area (Å²) in [5.41, 5.74) is 0. The summed E-state index contributed by atoms with van der Waals surface area (Å²) in [5, 5.41) is 2.66. The predicted octanol–water partition coefficient (Wildman–Crippen LogP) is 0.782. The highest BCUT2D eigenvalue weighted by Gasteiger charge is 2.12. The molecule has 0 aliphatic heterocycles. The van der Waals surface area contributed by atoms with Crippen LogP contribution in [0.3, 0.4) is 0 Å². The lowest BCUT2D eigenvalue weighted by Gasteiger charge is -2.09. The molecular weight excluding hydrogens is 194 g/mol. The van der Waals surface area contributed by atoms with E-state index < -0.39 is 21.9 Å². The van der Waals surface area contributed by atoms with Gasteiger partial charge in [-0.15, -0.1) is 0 Å². The number of furan rings is 1. The fourth-order valence-corrected chi connectivity index (χ4v) is 1.45. The number of nitrogens with one attached hydrogen (secondary N) is 1. The van der Waals surface area contributed by atoms with Crippen molar-refractivity contribution in [2.24, 2.45) is 0 Å². The summed E-state index contributed by atoms with van der Waals surface area (Å²) in [7, 11) is -3.99. The molecule has 0 fully saturated rings. The van der Waals surface area contributed by atoms with Gasteiger partial charge in [0.05, 0.1) is 12.0 Å². The number of anilines is 1. The van der Waals surface area contributed by atoms with Crippen LogP contribution in [-0.2, 0) is 10.1 Å². The second-order valence-corrected chi connectivity index (χ2v) is 4.06. The Labute approximate surface area is 76.5 Å². The van der Waals surface area contributed by atoms with Gasteiger partial charge in [-0.3, -0.25) is 4.55 Å². The first-order valence-corrected chi connectivity index (χ1v) is 5.16. The van der Waals surface area contributed by atoms with Crippen molar-refractivity contribution in [3.05, 3.63) is 25.3 Å². The van der Waals surface area contributed by atoms with Crippen LogP contribution in [0.2, 0.25) is 0 Å². The monoisotopic (exact) mass is 204 g/mol. The highest BCUT2D eigenvalue weighted by atomic mass is 32.2. The first kappa shape index (κ1) is 10.1. The fourth-order valence-electron chi connectivity index (χ4n) is 0.858. The van der Waals surface area contributed by atoms with Crippen LogP contribution in [-0.4, -0.2) is 24.8 Å². The van der Waals surface area contributed by atoms with Crippen LogP contribution < -0.4 is 5.32 Å². The largest absolute Gasteiger partial charge is 0.449 e. The van der Waals surface area contributed by atoms with Crippen molar-refractivity contribution < 1.29 is 17.4 Å². The summed E-state index contributed by atoms with van der Waals surface area (Å²) in [6, 6.07) is 2.64. The number of rotatable bonds is 4. The summed E-state index contributed by atoms with van der Waals surface area (Å²) >= 11 is 0. The van der Waals surface area contributed by atoms with Gasteiger partial charge in [-0.05, 0) is 13.0 Å². The SMILES string of the molecule is [CH2]C(CS(=O)(=O)O)Nc1ccco1. The molecule has 0 bridgehead atoms. The van der Waals surface area contributed by atoms with Crippen molar-refractivity contribution in [3.63, 3.8) is 0 Å². The van der Waals surface area contributed by atoms with Crippen LogP contribution in [0.5, 0.6) is 0 Å². The van der Waals surface area contributed by atoms with E-state index in [0.717, 1.165) is 0 Å². The van der Waals surface area contributed by atoms with Gasteiger partial charge in [0.25, 0.3) is 10.1 Å². The van der Waals surface area contributed by atoms with E-state index in [1.807, 2.05) is 0 Å². The predicted molar refractivity (Wildman–Crippen MR) is 47.9 cm³/mol. The maximum absolute atomic E-state index is 10.4. The molecule has 5 nitrogen and oxygen atoms in total. The van der Waals surface area contributed by atoms with Crippen LogP contribution in [0, 0.1) is 6.92 Å². The molecule has 0 amide bonds. The lowest BCUT2D eigenvalue weighted by atomic mass is 10.4. The van der Waals surface area contributed by atoms with E-state index in [0.29, 0.717) is 5.88 Å². The van der Waals surface area contributed by atoms with Crippen molar-refractivity contribution in [1.82, 2.24) is 0 Å². The van der Waals surface area contributed by atoms with Crippen molar-refractivity contribution in [2.45, 2.75) is 6.04 Å². The summed E-state index contributed by atoms with van der Waals surface area (Å²) in [6.45, 7) is 3.49. The first-order chi connectivity index (χ1) is 5.97. The Balaban J connectivity index is 2.47. The Morgan fingerprint density at radius 2 is 2.38 bits per heavy atom. The van der Waals surface area contributed by atoms with E-state index in [2.05, 4.69) is 12.2 Å². The molecule has 1 unspecified atom stereocenters. The average molecular weight is 204 g/mol. The molecule has 0 aromatic carbocycles. The van der Waals surface area contributed by atoms with Gasteiger partial charge < -0.3 is 9.73 Å². The molecule has 0 saturated carbocycles. The molecule has 6 heteroatoms. The normalized spacial score (nSPS) is 14.0. The molecule has 73 valence electrons. The van der Waals surface area contributed by atoms with Crippen LogP contribution in [0.15, 0.2) is 22.8 Å². The molecule has 2 N–H and O–H groups in total. The third-order valence-corrected chi connectivity index (χ3v) is 2.10. The molecule has 0 saturated heterocycles. The topological polar surface area (TPSA) is 79.5 Å². The molecular formula is C7H10NO4S. The quantitative estimate of drug-likeness (QED) is 0.708. The Bertz CT molecular complexity index is 343. The van der Waals surface area contributed by atoms with E-state index in [-0.39, 0.29) is 0 Å². The molecule has 0 spiro atoms. The Morgan fingerprint density at radius 1 is 1.69 bits per heavy atom. The number of hydrogen-bond donors (Lipinski definition) is 2. The van der Waals surface area contributed by atoms with Gasteiger partial charge in [0.2, 0.25) is 0 Å². The second kappa shape index (κ2) is 3.80. The van der Waals surface area contributed by atoms with Crippen LogP contribution >= 0.6 is 0 Å². The first-order valence-electron chi connectivity index (χ1n) is 3.55. The molecule has 13 heavy (non-hydrogen) atoms. The molecule has 1 atom stereocenters. The van der Waals surface area contributed by atoms with Crippen molar-refractivity contribution >= 4 is 16.0 Å². The van der Waals surface area contributed by atoms with E-state index in [1.54, 1.807) is 12.1 Å². The summed E-state index contributed by atoms with van der Waals surface area (Å²) in [4.78, 5) is 0. The Hall–Kier alpha value is -1.01. The lowest BCUT2D eigenvalue weighted by Crippen LogP contribution is -2.25. The minimum Gasteiger partial charge on any atom is -0.449 e. The maximum Gasteiger partial charge on any atom is 0.266 e. The second-order valence-electron chi connectivity index (χ2n) is 2.57. The van der Waals surface area contributed by atoms with Gasteiger partial charge in [-0.25, -0.2) is 0 Å². The van der Waals surface area contributed by atoms with E-state index in [9.17, 15) is 8.42 Å². The lowest BCUT2D eigenvalue weighted by molar-refractivity contribution is 0.481. The highest BCUT2D eigenvalue weighted by molar-refractivity contribution is 7.85. The molecule has 1 aromatic heterocycles. The van der Waals surface area contributed by atoms with Crippen molar-refractivity contribution in [3.8, 4) is 0 Å². The summed E-state index contributed by atoms with van der Waals surface area (Å²) < 4.78 is 34.2. The van der Waals surface area contributed by atoms with Gasteiger partial charge in [0.1, 0.15) is 0 Å². The van der Waals surface area contributed by atoms with Gasteiger partial charge in [0, 0.05) is 12.1 Å². The smallest absolute Gasteiger partial charge is 0.266 e. The zero-order valence-corrected chi connectivity index (χ0v) is 7.62. The third-order valence-electron chi connectivity index (χ3n) is 1.28. The van der Waals surface area contributed by atoms with Gasteiger partial charge in [-0.2, -0.15) is 8.42 Å². The number of hydrogen-bond acceptors (Lipinski definition) is 4. The van der Waals surface area contributed by atoms with Crippen LogP contribution in [0.1, 0.15) is 0 Å². The standard InChI is InChI=1S/C7H10NO4S/c1-6(5-13(9,10)11)8-7-3-2-4-12-7/h2-4,6,8H,1,5H2,(H,9,10,11).